The summed E-state index contributed by atoms with van der Waals surface area (Å²) < 4.78 is 22.4. The number of hydrogen-bond donors (Lipinski definition) is 0. The van der Waals surface area contributed by atoms with Crippen LogP contribution in [-0.2, 0) is 16.3 Å². The molecule has 3 nitrogen and oxygen atoms in total. The number of nitrogens with zero attached hydrogens (tertiary/aromatic N) is 1. The molecule has 1 aromatic carbocycles. The molecule has 0 bridgehead atoms. The zero-order chi connectivity index (χ0) is 10.6. The molecular weight excluding hydrogens is 198 g/mol. The smallest absolute Gasteiger partial charge is 0.175 e. The Kier molecular flexibility index (Phi) is 3.26. The summed E-state index contributed by atoms with van der Waals surface area (Å²) in [5.41, 5.74) is 0.884. The van der Waals surface area contributed by atoms with Crippen molar-refractivity contribution in [2.24, 2.45) is 0 Å². The van der Waals surface area contributed by atoms with Gasteiger partial charge in [0.25, 0.3) is 0 Å². The van der Waals surface area contributed by atoms with Crippen LogP contribution < -0.4 is 0 Å². The molecule has 14 heavy (non-hydrogen) atoms. The Morgan fingerprint density at radius 3 is 2.71 bits per heavy atom. The molecule has 0 unspecified atom stereocenters. The maximum Gasteiger partial charge on any atom is 0.175 e. The fourth-order valence-corrected chi connectivity index (χ4v) is 1.82. The Morgan fingerprint density at radius 2 is 2.14 bits per heavy atom. The van der Waals surface area contributed by atoms with Crippen LogP contribution in [0.15, 0.2) is 29.2 Å². The Bertz CT molecular complexity index is 457. The lowest BCUT2D eigenvalue weighted by atomic mass is 10.1. The first kappa shape index (κ1) is 10.7. The second-order valence-corrected chi connectivity index (χ2v) is 5.09. The minimum Gasteiger partial charge on any atom is -0.224 e. The van der Waals surface area contributed by atoms with E-state index in [0.717, 1.165) is 5.56 Å². The van der Waals surface area contributed by atoms with E-state index >= 15 is 0 Å². The topological polar surface area (TPSA) is 57.9 Å². The number of benzene rings is 1. The van der Waals surface area contributed by atoms with Gasteiger partial charge in [0.15, 0.2) is 9.84 Å². The van der Waals surface area contributed by atoms with Crippen molar-refractivity contribution in [2.75, 3.05) is 6.26 Å². The number of hydrogen-bond acceptors (Lipinski definition) is 3. The second kappa shape index (κ2) is 4.25. The lowest BCUT2D eigenvalue weighted by molar-refractivity contribution is 0.601. The summed E-state index contributed by atoms with van der Waals surface area (Å²) in [7, 11) is -3.13. The van der Waals surface area contributed by atoms with Gasteiger partial charge in [0, 0.05) is 12.7 Å². The van der Waals surface area contributed by atoms with Crippen molar-refractivity contribution in [1.29, 1.82) is 5.26 Å². The summed E-state index contributed by atoms with van der Waals surface area (Å²) in [5, 5.41) is 8.39. The minimum atomic E-state index is -3.13. The van der Waals surface area contributed by atoms with E-state index in [1.165, 1.54) is 6.26 Å². The number of rotatable bonds is 3. The first-order valence-corrected chi connectivity index (χ1v) is 6.09. The molecule has 0 aliphatic rings. The summed E-state index contributed by atoms with van der Waals surface area (Å²) in [6.07, 6.45) is 2.18. The molecule has 0 spiro atoms. The number of sulfone groups is 1. The molecule has 0 saturated carbocycles. The van der Waals surface area contributed by atoms with Crippen molar-refractivity contribution in [1.82, 2.24) is 0 Å². The van der Waals surface area contributed by atoms with Crippen molar-refractivity contribution in [3.8, 4) is 6.07 Å². The van der Waals surface area contributed by atoms with E-state index < -0.39 is 9.84 Å². The van der Waals surface area contributed by atoms with Crippen LogP contribution in [0.25, 0.3) is 0 Å². The van der Waals surface area contributed by atoms with Crippen molar-refractivity contribution >= 4 is 9.84 Å². The quantitative estimate of drug-likeness (QED) is 0.758. The SMILES string of the molecule is CS(=O)(=O)c1cccc(CCC#N)c1. The van der Waals surface area contributed by atoms with E-state index in [4.69, 9.17) is 5.26 Å². The third-order valence-corrected chi connectivity index (χ3v) is 2.96. The van der Waals surface area contributed by atoms with Gasteiger partial charge in [-0.3, -0.25) is 0 Å². The van der Waals surface area contributed by atoms with Crippen LogP contribution in [0.3, 0.4) is 0 Å². The summed E-state index contributed by atoms with van der Waals surface area (Å²) in [6.45, 7) is 0. The molecule has 74 valence electrons. The normalized spacial score (nSPS) is 10.9. The zero-order valence-electron chi connectivity index (χ0n) is 7.90. The lowest BCUT2D eigenvalue weighted by Crippen LogP contribution is -1.97. The molecule has 0 fully saturated rings. The highest BCUT2D eigenvalue weighted by Crippen LogP contribution is 2.12. The maximum absolute atomic E-state index is 11.2. The highest BCUT2D eigenvalue weighted by molar-refractivity contribution is 7.90. The van der Waals surface area contributed by atoms with Crippen LogP contribution in [0.1, 0.15) is 12.0 Å². The molecule has 0 aliphatic carbocycles. The molecule has 4 heteroatoms. The highest BCUT2D eigenvalue weighted by Gasteiger charge is 2.06. The van der Waals surface area contributed by atoms with Gasteiger partial charge >= 0.3 is 0 Å². The van der Waals surface area contributed by atoms with E-state index in [0.29, 0.717) is 17.7 Å². The Morgan fingerprint density at radius 1 is 1.43 bits per heavy atom. The van der Waals surface area contributed by atoms with E-state index in [1.807, 2.05) is 12.1 Å². The van der Waals surface area contributed by atoms with Gasteiger partial charge in [0.1, 0.15) is 0 Å². The predicted molar refractivity (Wildman–Crippen MR) is 53.5 cm³/mol. The maximum atomic E-state index is 11.2. The lowest BCUT2D eigenvalue weighted by Gasteiger charge is -2.01. The van der Waals surface area contributed by atoms with Gasteiger partial charge < -0.3 is 0 Å². The molecule has 0 amide bonds. The zero-order valence-corrected chi connectivity index (χ0v) is 8.71. The van der Waals surface area contributed by atoms with E-state index in [1.54, 1.807) is 18.2 Å². The highest BCUT2D eigenvalue weighted by atomic mass is 32.2. The Labute approximate surface area is 83.9 Å². The van der Waals surface area contributed by atoms with E-state index in [9.17, 15) is 8.42 Å². The summed E-state index contributed by atoms with van der Waals surface area (Å²) in [6, 6.07) is 8.73. The van der Waals surface area contributed by atoms with Gasteiger partial charge in [-0.1, -0.05) is 12.1 Å². The molecule has 0 heterocycles. The Balaban J connectivity index is 2.97. The summed E-state index contributed by atoms with van der Waals surface area (Å²) in [4.78, 5) is 0.313. The van der Waals surface area contributed by atoms with Gasteiger partial charge in [-0.05, 0) is 24.1 Å². The fourth-order valence-electron chi connectivity index (χ4n) is 1.13. The van der Waals surface area contributed by atoms with Gasteiger partial charge in [-0.2, -0.15) is 5.26 Å². The fraction of sp³-hybridized carbons (Fsp3) is 0.300. The average molecular weight is 209 g/mol. The third-order valence-electron chi connectivity index (χ3n) is 1.85. The molecule has 0 atom stereocenters. The molecule has 0 N–H and O–H groups in total. The van der Waals surface area contributed by atoms with Gasteiger partial charge in [0.05, 0.1) is 11.0 Å². The molecule has 0 saturated heterocycles. The van der Waals surface area contributed by atoms with Gasteiger partial charge in [-0.25, -0.2) is 8.42 Å². The van der Waals surface area contributed by atoms with Crippen molar-refractivity contribution < 1.29 is 8.42 Å². The summed E-state index contributed by atoms with van der Waals surface area (Å²) in [5.74, 6) is 0. The average Bonchev–Trinajstić information content (AvgIpc) is 2.14. The van der Waals surface area contributed by atoms with Crippen LogP contribution in [0.4, 0.5) is 0 Å². The number of aryl methyl sites for hydroxylation is 1. The Hall–Kier alpha value is -1.34. The van der Waals surface area contributed by atoms with E-state index in [-0.39, 0.29) is 0 Å². The molecule has 1 rings (SSSR count). The molecule has 0 aliphatic heterocycles. The van der Waals surface area contributed by atoms with E-state index in [2.05, 4.69) is 0 Å². The number of nitriles is 1. The summed E-state index contributed by atoms with van der Waals surface area (Å²) >= 11 is 0. The molecule has 1 aromatic rings. The van der Waals surface area contributed by atoms with Crippen molar-refractivity contribution in [3.05, 3.63) is 29.8 Å². The van der Waals surface area contributed by atoms with Crippen molar-refractivity contribution in [3.63, 3.8) is 0 Å². The molecule has 0 aromatic heterocycles. The standard InChI is InChI=1S/C10H11NO2S/c1-14(12,13)10-6-2-4-9(8-10)5-3-7-11/h2,4,6,8H,3,5H2,1H3. The second-order valence-electron chi connectivity index (χ2n) is 3.08. The predicted octanol–water partition coefficient (Wildman–Crippen LogP) is 1.55. The first-order chi connectivity index (χ1) is 6.54. The van der Waals surface area contributed by atoms with Crippen LogP contribution >= 0.6 is 0 Å². The van der Waals surface area contributed by atoms with Crippen LogP contribution in [0.2, 0.25) is 0 Å². The van der Waals surface area contributed by atoms with Crippen LogP contribution in [0, 0.1) is 11.3 Å². The van der Waals surface area contributed by atoms with Crippen LogP contribution in [0.5, 0.6) is 0 Å². The van der Waals surface area contributed by atoms with Crippen molar-refractivity contribution in [2.45, 2.75) is 17.7 Å². The minimum absolute atomic E-state index is 0.313. The van der Waals surface area contributed by atoms with Gasteiger partial charge in [0.2, 0.25) is 0 Å². The largest absolute Gasteiger partial charge is 0.224 e. The first-order valence-electron chi connectivity index (χ1n) is 4.20. The van der Waals surface area contributed by atoms with Crippen LogP contribution in [-0.4, -0.2) is 14.7 Å². The van der Waals surface area contributed by atoms with Gasteiger partial charge in [-0.15, -0.1) is 0 Å². The third kappa shape index (κ3) is 2.86. The molecular formula is C10H11NO2S. The molecule has 0 radical (unpaired) electrons. The monoisotopic (exact) mass is 209 g/mol.